The molecule has 1 amide bonds. The predicted octanol–water partition coefficient (Wildman–Crippen LogP) is 2.48. The number of hydrogen-bond acceptors (Lipinski definition) is 3. The molecule has 0 atom stereocenters. The van der Waals surface area contributed by atoms with Gasteiger partial charge >= 0.3 is 0 Å². The highest BCUT2D eigenvalue weighted by atomic mass is 16.5. The summed E-state index contributed by atoms with van der Waals surface area (Å²) in [5, 5.41) is 0. The van der Waals surface area contributed by atoms with E-state index in [9.17, 15) is 4.79 Å². The third-order valence-electron chi connectivity index (χ3n) is 3.24. The highest BCUT2D eigenvalue weighted by Crippen LogP contribution is 2.23. The molecule has 0 bridgehead atoms. The fourth-order valence-corrected chi connectivity index (χ4v) is 1.64. The number of ether oxygens (including phenoxy) is 1. The van der Waals surface area contributed by atoms with Crippen molar-refractivity contribution >= 4 is 5.91 Å². The number of rotatable bonds is 5. The second-order valence-electron chi connectivity index (χ2n) is 5.11. The minimum Gasteiger partial charge on any atom is -0.481 e. The van der Waals surface area contributed by atoms with Gasteiger partial charge < -0.3 is 9.64 Å². The molecule has 0 unspecified atom stereocenters. The molecule has 0 radical (unpaired) electrons. The average molecular weight is 250 g/mol. The third-order valence-corrected chi connectivity index (χ3v) is 3.24. The first-order valence-corrected chi connectivity index (χ1v) is 6.15. The largest absolute Gasteiger partial charge is 0.481 e. The van der Waals surface area contributed by atoms with Crippen LogP contribution >= 0.6 is 0 Å². The number of aromatic nitrogens is 1. The normalized spacial score (nSPS) is 11.2. The minimum atomic E-state index is -0.311. The summed E-state index contributed by atoms with van der Waals surface area (Å²) in [5.74, 6) is 0.738. The molecule has 100 valence electrons. The van der Waals surface area contributed by atoms with E-state index in [4.69, 9.17) is 4.74 Å². The number of nitrogens with zero attached hydrogens (tertiary/aromatic N) is 2. The summed E-state index contributed by atoms with van der Waals surface area (Å²) in [6, 6.07) is 3.73. The molecule has 4 heteroatoms. The van der Waals surface area contributed by atoms with Gasteiger partial charge in [-0.05, 0) is 12.0 Å². The van der Waals surface area contributed by atoms with Gasteiger partial charge in [-0.3, -0.25) is 4.79 Å². The van der Waals surface area contributed by atoms with E-state index < -0.39 is 0 Å². The second-order valence-corrected chi connectivity index (χ2v) is 5.11. The first-order chi connectivity index (χ1) is 8.40. The van der Waals surface area contributed by atoms with Crippen LogP contribution in [0.1, 0.15) is 32.8 Å². The predicted molar refractivity (Wildman–Crippen MR) is 71.3 cm³/mol. The van der Waals surface area contributed by atoms with Crippen molar-refractivity contribution in [3.8, 4) is 5.88 Å². The van der Waals surface area contributed by atoms with Gasteiger partial charge in [-0.25, -0.2) is 4.98 Å². The number of hydrogen-bond donors (Lipinski definition) is 0. The van der Waals surface area contributed by atoms with Gasteiger partial charge in [-0.15, -0.1) is 0 Å². The maximum absolute atomic E-state index is 12.2. The Morgan fingerprint density at radius 2 is 2.11 bits per heavy atom. The highest BCUT2D eigenvalue weighted by molar-refractivity contribution is 5.81. The van der Waals surface area contributed by atoms with Crippen molar-refractivity contribution in [2.45, 2.75) is 33.7 Å². The van der Waals surface area contributed by atoms with E-state index in [0.717, 1.165) is 12.0 Å². The van der Waals surface area contributed by atoms with Crippen LogP contribution in [0.25, 0.3) is 0 Å². The van der Waals surface area contributed by atoms with Gasteiger partial charge in [-0.1, -0.05) is 26.8 Å². The molecule has 1 aromatic rings. The van der Waals surface area contributed by atoms with Crippen LogP contribution in [0.5, 0.6) is 5.88 Å². The molecule has 4 nitrogen and oxygen atoms in total. The van der Waals surface area contributed by atoms with Crippen molar-refractivity contribution in [2.75, 3.05) is 14.2 Å². The van der Waals surface area contributed by atoms with Crippen molar-refractivity contribution in [2.24, 2.45) is 5.41 Å². The summed E-state index contributed by atoms with van der Waals surface area (Å²) in [7, 11) is 3.41. The third kappa shape index (κ3) is 3.45. The first-order valence-electron chi connectivity index (χ1n) is 6.15. The Hall–Kier alpha value is -1.58. The van der Waals surface area contributed by atoms with Gasteiger partial charge in [0, 0.05) is 31.3 Å². The van der Waals surface area contributed by atoms with Gasteiger partial charge in [0.25, 0.3) is 0 Å². The zero-order chi connectivity index (χ0) is 13.8. The Labute approximate surface area is 109 Å². The Morgan fingerprint density at radius 1 is 1.44 bits per heavy atom. The van der Waals surface area contributed by atoms with Gasteiger partial charge in [0.2, 0.25) is 11.8 Å². The Bertz CT molecular complexity index is 399. The fourth-order valence-electron chi connectivity index (χ4n) is 1.64. The van der Waals surface area contributed by atoms with Crippen molar-refractivity contribution in [3.63, 3.8) is 0 Å². The van der Waals surface area contributed by atoms with E-state index >= 15 is 0 Å². The topological polar surface area (TPSA) is 42.4 Å². The zero-order valence-corrected chi connectivity index (χ0v) is 11.9. The molecule has 0 saturated heterocycles. The Kier molecular flexibility index (Phi) is 4.70. The van der Waals surface area contributed by atoms with Crippen LogP contribution in [-0.2, 0) is 11.3 Å². The summed E-state index contributed by atoms with van der Waals surface area (Å²) >= 11 is 0. The van der Waals surface area contributed by atoms with E-state index in [1.165, 1.54) is 0 Å². The maximum Gasteiger partial charge on any atom is 0.228 e. The van der Waals surface area contributed by atoms with Gasteiger partial charge in [-0.2, -0.15) is 0 Å². The van der Waals surface area contributed by atoms with Crippen LogP contribution in [0.15, 0.2) is 18.3 Å². The van der Waals surface area contributed by atoms with Crippen molar-refractivity contribution in [1.29, 1.82) is 0 Å². The molecule has 0 N–H and O–H groups in total. The number of carbonyl (C=O) groups is 1. The SMILES string of the molecule is CCC(C)(C)C(=O)N(C)Cc1ccc(OC)nc1. The molecule has 0 aliphatic carbocycles. The fraction of sp³-hybridized carbons (Fsp3) is 0.571. The molecule has 0 aromatic carbocycles. The first kappa shape index (κ1) is 14.5. The number of methoxy groups -OCH3 is 1. The lowest BCUT2D eigenvalue weighted by Crippen LogP contribution is -2.37. The molecule has 1 heterocycles. The molecule has 0 aliphatic rings. The van der Waals surface area contributed by atoms with E-state index in [2.05, 4.69) is 4.98 Å². The molecule has 18 heavy (non-hydrogen) atoms. The molecular formula is C14H22N2O2. The highest BCUT2D eigenvalue weighted by Gasteiger charge is 2.28. The van der Waals surface area contributed by atoms with Crippen LogP contribution in [0.3, 0.4) is 0 Å². The van der Waals surface area contributed by atoms with Crippen LogP contribution in [0, 0.1) is 5.41 Å². The Balaban J connectivity index is 2.69. The maximum atomic E-state index is 12.2. The van der Waals surface area contributed by atoms with E-state index in [0.29, 0.717) is 12.4 Å². The smallest absolute Gasteiger partial charge is 0.228 e. The summed E-state index contributed by atoms with van der Waals surface area (Å²) < 4.78 is 5.00. The Morgan fingerprint density at radius 3 is 2.56 bits per heavy atom. The molecule has 0 fully saturated rings. The van der Waals surface area contributed by atoms with Gasteiger partial charge in [0.1, 0.15) is 0 Å². The molecule has 0 spiro atoms. The van der Waals surface area contributed by atoms with E-state index in [1.54, 1.807) is 24.3 Å². The van der Waals surface area contributed by atoms with Crippen LogP contribution in [0.2, 0.25) is 0 Å². The van der Waals surface area contributed by atoms with Gasteiger partial charge in [0.15, 0.2) is 0 Å². The van der Waals surface area contributed by atoms with Crippen molar-refractivity contribution < 1.29 is 9.53 Å². The lowest BCUT2D eigenvalue weighted by molar-refractivity contribution is -0.139. The molecule has 1 rings (SSSR count). The number of amides is 1. The number of pyridine rings is 1. The van der Waals surface area contributed by atoms with Gasteiger partial charge in [0.05, 0.1) is 7.11 Å². The average Bonchev–Trinajstić information content (AvgIpc) is 2.38. The molecular weight excluding hydrogens is 228 g/mol. The summed E-state index contributed by atoms with van der Waals surface area (Å²) in [5.41, 5.74) is 0.688. The van der Waals surface area contributed by atoms with Crippen LogP contribution in [-0.4, -0.2) is 29.9 Å². The zero-order valence-electron chi connectivity index (χ0n) is 11.9. The van der Waals surface area contributed by atoms with Crippen LogP contribution in [0.4, 0.5) is 0 Å². The molecule has 0 aliphatic heterocycles. The summed E-state index contributed by atoms with van der Waals surface area (Å²) in [4.78, 5) is 18.1. The van der Waals surface area contributed by atoms with Crippen LogP contribution < -0.4 is 4.74 Å². The summed E-state index contributed by atoms with van der Waals surface area (Å²) in [6.07, 6.45) is 2.57. The number of carbonyl (C=O) groups excluding carboxylic acids is 1. The molecule has 0 saturated carbocycles. The monoisotopic (exact) mass is 250 g/mol. The standard InChI is InChI=1S/C14H22N2O2/c1-6-14(2,3)13(17)16(4)10-11-7-8-12(18-5)15-9-11/h7-9H,6,10H2,1-5H3. The lowest BCUT2D eigenvalue weighted by atomic mass is 9.88. The second kappa shape index (κ2) is 5.85. The van der Waals surface area contributed by atoms with Crippen molar-refractivity contribution in [3.05, 3.63) is 23.9 Å². The van der Waals surface area contributed by atoms with E-state index in [1.807, 2.05) is 33.9 Å². The minimum absolute atomic E-state index is 0.154. The summed E-state index contributed by atoms with van der Waals surface area (Å²) in [6.45, 7) is 6.54. The van der Waals surface area contributed by atoms with E-state index in [-0.39, 0.29) is 11.3 Å². The lowest BCUT2D eigenvalue weighted by Gasteiger charge is -2.28. The van der Waals surface area contributed by atoms with Crippen molar-refractivity contribution in [1.82, 2.24) is 9.88 Å². The molecule has 1 aromatic heterocycles. The quantitative estimate of drug-likeness (QED) is 0.806.